The Morgan fingerprint density at radius 3 is 2.67 bits per heavy atom. The number of rotatable bonds is 4. The van der Waals surface area contributed by atoms with E-state index in [4.69, 9.17) is 4.74 Å². The summed E-state index contributed by atoms with van der Waals surface area (Å²) in [4.78, 5) is 16.0. The van der Waals surface area contributed by atoms with Gasteiger partial charge in [-0.05, 0) is 29.8 Å². The Morgan fingerprint density at radius 1 is 1.24 bits per heavy atom. The number of benzene rings is 1. The molecule has 2 heterocycles. The lowest BCUT2D eigenvalue weighted by atomic mass is 10.2. The summed E-state index contributed by atoms with van der Waals surface area (Å²) < 4.78 is 6.90. The van der Waals surface area contributed by atoms with Crippen LogP contribution in [0.15, 0.2) is 42.6 Å². The van der Waals surface area contributed by atoms with E-state index in [2.05, 4.69) is 10.1 Å². The quantitative estimate of drug-likeness (QED) is 0.690. The molecule has 0 bridgehead atoms. The monoisotopic (exact) mass is 281 g/mol. The molecule has 0 saturated carbocycles. The Hall–Kier alpha value is -2.69. The normalized spacial score (nSPS) is 10.8. The Balaban J connectivity index is 2.01. The van der Waals surface area contributed by atoms with Crippen molar-refractivity contribution in [3.05, 3.63) is 53.9 Å². The lowest BCUT2D eigenvalue weighted by Crippen LogP contribution is -2.04. The van der Waals surface area contributed by atoms with Gasteiger partial charge in [0.05, 0.1) is 19.0 Å². The van der Waals surface area contributed by atoms with Crippen LogP contribution < -0.4 is 4.74 Å². The first-order valence-electron chi connectivity index (χ1n) is 6.64. The number of carbonyl (C=O) groups excluding carboxylic acids is 1. The molecule has 0 aliphatic heterocycles. The highest BCUT2D eigenvalue weighted by atomic mass is 16.5. The Bertz CT molecular complexity index is 791. The first-order chi connectivity index (χ1) is 10.2. The van der Waals surface area contributed by atoms with Crippen molar-refractivity contribution >= 4 is 16.8 Å². The Kier molecular flexibility index (Phi) is 3.39. The number of hydrogen-bond acceptors (Lipinski definition) is 4. The minimum absolute atomic E-state index is 0.0542. The maximum Gasteiger partial charge on any atom is 0.180 e. The summed E-state index contributed by atoms with van der Waals surface area (Å²) in [5, 5.41) is 5.19. The van der Waals surface area contributed by atoms with Gasteiger partial charge in [0.1, 0.15) is 11.4 Å². The van der Waals surface area contributed by atoms with Gasteiger partial charge in [0.2, 0.25) is 0 Å². The fraction of sp³-hybridized carbons (Fsp3) is 0.188. The third kappa shape index (κ3) is 2.50. The summed E-state index contributed by atoms with van der Waals surface area (Å²) in [6, 6.07) is 11.4. The first-order valence-corrected chi connectivity index (χ1v) is 6.64. The van der Waals surface area contributed by atoms with Crippen molar-refractivity contribution in [1.29, 1.82) is 0 Å². The molecule has 0 unspecified atom stereocenters. The minimum atomic E-state index is -0.0542. The zero-order valence-corrected chi connectivity index (χ0v) is 11.9. The molecular weight excluding hydrogens is 266 g/mol. The van der Waals surface area contributed by atoms with Gasteiger partial charge in [0.15, 0.2) is 11.4 Å². The molecule has 0 atom stereocenters. The largest absolute Gasteiger partial charge is 0.497 e. The SMILES string of the molecule is COc1ccc(Cn2nc(C(C)=O)c3cccnc32)cc1. The number of hydrogen-bond donors (Lipinski definition) is 0. The van der Waals surface area contributed by atoms with Crippen molar-refractivity contribution in [3.63, 3.8) is 0 Å². The minimum Gasteiger partial charge on any atom is -0.497 e. The van der Waals surface area contributed by atoms with E-state index >= 15 is 0 Å². The smallest absolute Gasteiger partial charge is 0.180 e. The number of ketones is 1. The molecule has 0 amide bonds. The van der Waals surface area contributed by atoms with E-state index in [0.29, 0.717) is 12.2 Å². The van der Waals surface area contributed by atoms with Crippen LogP contribution in [0.1, 0.15) is 23.0 Å². The lowest BCUT2D eigenvalue weighted by molar-refractivity contribution is 0.101. The van der Waals surface area contributed by atoms with Gasteiger partial charge < -0.3 is 4.74 Å². The zero-order chi connectivity index (χ0) is 14.8. The number of carbonyl (C=O) groups is 1. The average Bonchev–Trinajstić information content (AvgIpc) is 2.87. The summed E-state index contributed by atoms with van der Waals surface area (Å²) in [5.74, 6) is 0.758. The molecule has 0 radical (unpaired) electrons. The van der Waals surface area contributed by atoms with Gasteiger partial charge in [0, 0.05) is 13.1 Å². The lowest BCUT2D eigenvalue weighted by Gasteiger charge is -2.04. The average molecular weight is 281 g/mol. The second-order valence-electron chi connectivity index (χ2n) is 4.79. The van der Waals surface area contributed by atoms with Gasteiger partial charge >= 0.3 is 0 Å². The molecule has 0 fully saturated rings. The van der Waals surface area contributed by atoms with Gasteiger partial charge in [-0.15, -0.1) is 0 Å². The van der Waals surface area contributed by atoms with Crippen LogP contribution in [0.25, 0.3) is 11.0 Å². The maximum absolute atomic E-state index is 11.7. The van der Waals surface area contributed by atoms with Crippen LogP contribution in [-0.4, -0.2) is 27.7 Å². The van der Waals surface area contributed by atoms with Gasteiger partial charge in [-0.25, -0.2) is 9.67 Å². The third-order valence-electron chi connectivity index (χ3n) is 3.33. The highest BCUT2D eigenvalue weighted by Crippen LogP contribution is 2.19. The summed E-state index contributed by atoms with van der Waals surface area (Å²) in [6.45, 7) is 2.08. The molecule has 0 aliphatic carbocycles. The van der Waals surface area contributed by atoms with E-state index in [1.165, 1.54) is 6.92 Å². The highest BCUT2D eigenvalue weighted by Gasteiger charge is 2.14. The summed E-state index contributed by atoms with van der Waals surface area (Å²) in [5.41, 5.74) is 2.26. The molecule has 5 nitrogen and oxygen atoms in total. The van der Waals surface area contributed by atoms with E-state index in [-0.39, 0.29) is 5.78 Å². The molecule has 2 aromatic heterocycles. The second-order valence-corrected chi connectivity index (χ2v) is 4.79. The van der Waals surface area contributed by atoms with Crippen molar-refractivity contribution in [2.45, 2.75) is 13.5 Å². The summed E-state index contributed by atoms with van der Waals surface area (Å²) in [7, 11) is 1.64. The number of fused-ring (bicyclic) bond motifs is 1. The third-order valence-corrected chi connectivity index (χ3v) is 3.33. The molecule has 21 heavy (non-hydrogen) atoms. The van der Waals surface area contributed by atoms with Gasteiger partial charge in [-0.2, -0.15) is 5.10 Å². The fourth-order valence-electron chi connectivity index (χ4n) is 2.28. The van der Waals surface area contributed by atoms with E-state index in [1.54, 1.807) is 18.0 Å². The molecule has 1 aromatic carbocycles. The van der Waals surface area contributed by atoms with Crippen LogP contribution in [0.5, 0.6) is 5.75 Å². The molecule has 5 heteroatoms. The van der Waals surface area contributed by atoms with Crippen LogP contribution in [0, 0.1) is 0 Å². The second kappa shape index (κ2) is 5.36. The van der Waals surface area contributed by atoms with Crippen molar-refractivity contribution in [3.8, 4) is 5.75 Å². The Morgan fingerprint density at radius 2 is 2.00 bits per heavy atom. The Labute approximate surface area is 122 Å². The predicted molar refractivity (Wildman–Crippen MR) is 79.6 cm³/mol. The highest BCUT2D eigenvalue weighted by molar-refractivity contribution is 6.03. The van der Waals surface area contributed by atoms with Crippen LogP contribution in [0.3, 0.4) is 0 Å². The number of ether oxygens (including phenoxy) is 1. The molecule has 0 spiro atoms. The van der Waals surface area contributed by atoms with Crippen LogP contribution >= 0.6 is 0 Å². The van der Waals surface area contributed by atoms with Crippen LogP contribution in [0.4, 0.5) is 0 Å². The number of pyridine rings is 1. The molecule has 0 N–H and O–H groups in total. The van der Waals surface area contributed by atoms with Crippen LogP contribution in [0.2, 0.25) is 0 Å². The van der Waals surface area contributed by atoms with E-state index in [1.807, 2.05) is 36.4 Å². The number of aromatic nitrogens is 3. The first kappa shape index (κ1) is 13.3. The van der Waals surface area contributed by atoms with E-state index < -0.39 is 0 Å². The molecule has 106 valence electrons. The molecule has 3 rings (SSSR count). The zero-order valence-electron chi connectivity index (χ0n) is 11.9. The van der Waals surface area contributed by atoms with E-state index in [0.717, 1.165) is 22.3 Å². The molecule has 0 saturated heterocycles. The maximum atomic E-state index is 11.7. The number of nitrogens with zero attached hydrogens (tertiary/aromatic N) is 3. The number of methoxy groups -OCH3 is 1. The van der Waals surface area contributed by atoms with Crippen molar-refractivity contribution in [1.82, 2.24) is 14.8 Å². The fourth-order valence-corrected chi connectivity index (χ4v) is 2.28. The predicted octanol–water partition coefficient (Wildman–Crippen LogP) is 2.69. The van der Waals surface area contributed by atoms with Crippen molar-refractivity contribution < 1.29 is 9.53 Å². The molecule has 3 aromatic rings. The van der Waals surface area contributed by atoms with Gasteiger partial charge in [-0.1, -0.05) is 12.1 Å². The van der Waals surface area contributed by atoms with E-state index in [9.17, 15) is 4.79 Å². The van der Waals surface area contributed by atoms with Crippen molar-refractivity contribution in [2.75, 3.05) is 7.11 Å². The van der Waals surface area contributed by atoms with Crippen LogP contribution in [-0.2, 0) is 6.54 Å². The number of Topliss-reactive ketones (excluding diaryl/α,β-unsaturated/α-hetero) is 1. The van der Waals surface area contributed by atoms with Gasteiger partial charge in [-0.3, -0.25) is 4.79 Å². The van der Waals surface area contributed by atoms with Gasteiger partial charge in [0.25, 0.3) is 0 Å². The standard InChI is InChI=1S/C16H15N3O2/c1-11(20)15-14-4-3-9-17-16(14)19(18-15)10-12-5-7-13(21-2)8-6-12/h3-9H,10H2,1-2H3. The molecular formula is C16H15N3O2. The topological polar surface area (TPSA) is 57.0 Å². The summed E-state index contributed by atoms with van der Waals surface area (Å²) in [6.07, 6.45) is 1.71. The van der Waals surface area contributed by atoms with Crippen molar-refractivity contribution in [2.24, 2.45) is 0 Å². The molecule has 0 aliphatic rings. The summed E-state index contributed by atoms with van der Waals surface area (Å²) >= 11 is 0.